The van der Waals surface area contributed by atoms with E-state index in [1.54, 1.807) is 12.1 Å². The molecule has 0 amide bonds. The Labute approximate surface area is 213 Å². The van der Waals surface area contributed by atoms with E-state index in [2.05, 4.69) is 41.4 Å². The van der Waals surface area contributed by atoms with Crippen LogP contribution < -0.4 is 10.2 Å². The summed E-state index contributed by atoms with van der Waals surface area (Å²) in [5, 5.41) is 5.16. The van der Waals surface area contributed by atoms with Crippen LogP contribution in [0.15, 0.2) is 66.0 Å². The fourth-order valence-corrected chi connectivity index (χ4v) is 5.45. The number of fused-ring (bicyclic) bond motifs is 1. The van der Waals surface area contributed by atoms with Gasteiger partial charge in [-0.15, -0.1) is 11.3 Å². The zero-order valence-electron chi connectivity index (χ0n) is 20.4. The number of esters is 1. The minimum absolute atomic E-state index is 0.101. The molecule has 184 valence electrons. The number of aromatic nitrogens is 2. The van der Waals surface area contributed by atoms with Crippen LogP contribution in [0.2, 0.25) is 0 Å². The predicted molar refractivity (Wildman–Crippen MR) is 140 cm³/mol. The molecule has 6 nitrogen and oxygen atoms in total. The van der Waals surface area contributed by atoms with Crippen LogP contribution >= 0.6 is 11.3 Å². The summed E-state index contributed by atoms with van der Waals surface area (Å²) in [7, 11) is 0. The Morgan fingerprint density at radius 2 is 1.92 bits per heavy atom. The van der Waals surface area contributed by atoms with Crippen molar-refractivity contribution in [3.63, 3.8) is 0 Å². The standard InChI is InChI=1S/C28H27FN4O2S/c1-17-25(26(35-19(3)34)24-9-6-16-36-24)31-28(30-22-12-10-21(29)11-13-22)32-27(17)33-15-14-20-7-4-5-8-23(20)18(33)2/h4-13,16,18,26H,14-15H2,1-3H3,(H,30,31,32). The van der Waals surface area contributed by atoms with E-state index in [4.69, 9.17) is 14.7 Å². The monoisotopic (exact) mass is 502 g/mol. The first kappa shape index (κ1) is 23.9. The molecule has 0 bridgehead atoms. The van der Waals surface area contributed by atoms with Crippen LogP contribution in [-0.4, -0.2) is 22.5 Å². The number of carbonyl (C=O) groups excluding carboxylic acids is 1. The van der Waals surface area contributed by atoms with Crippen molar-refractivity contribution >= 4 is 34.8 Å². The lowest BCUT2D eigenvalue weighted by Gasteiger charge is -2.37. The molecule has 2 aromatic heterocycles. The molecule has 8 heteroatoms. The third kappa shape index (κ3) is 4.81. The van der Waals surface area contributed by atoms with Gasteiger partial charge in [0.25, 0.3) is 0 Å². The van der Waals surface area contributed by atoms with E-state index in [9.17, 15) is 9.18 Å². The number of anilines is 3. The molecule has 1 aliphatic heterocycles. The SMILES string of the molecule is CC(=O)OC(c1cccs1)c1nc(Nc2ccc(F)cc2)nc(N2CCc3ccccc3C2C)c1C. The van der Waals surface area contributed by atoms with Gasteiger partial charge in [-0.1, -0.05) is 30.3 Å². The average molecular weight is 503 g/mol. The largest absolute Gasteiger partial charge is 0.450 e. The van der Waals surface area contributed by atoms with Gasteiger partial charge >= 0.3 is 5.97 Å². The maximum atomic E-state index is 13.5. The van der Waals surface area contributed by atoms with Gasteiger partial charge in [-0.25, -0.2) is 9.37 Å². The molecule has 0 saturated heterocycles. The highest BCUT2D eigenvalue weighted by Crippen LogP contribution is 2.39. The molecule has 2 aromatic carbocycles. The first-order chi connectivity index (χ1) is 17.4. The number of thiophene rings is 1. The number of nitrogens with zero attached hydrogens (tertiary/aromatic N) is 3. The second-order valence-electron chi connectivity index (χ2n) is 8.84. The lowest BCUT2D eigenvalue weighted by atomic mass is 9.93. The molecular formula is C28H27FN4O2S. The van der Waals surface area contributed by atoms with Crippen molar-refractivity contribution in [2.24, 2.45) is 0 Å². The molecule has 0 radical (unpaired) electrons. The van der Waals surface area contributed by atoms with E-state index in [0.29, 0.717) is 17.3 Å². The zero-order valence-corrected chi connectivity index (χ0v) is 21.2. The first-order valence-electron chi connectivity index (χ1n) is 11.9. The molecule has 5 rings (SSSR count). The third-order valence-electron chi connectivity index (χ3n) is 6.46. The quantitative estimate of drug-likeness (QED) is 0.303. The normalized spacial score (nSPS) is 15.8. The molecule has 3 heterocycles. The molecule has 0 spiro atoms. The Hall–Kier alpha value is -3.78. The molecule has 4 aromatic rings. The van der Waals surface area contributed by atoms with Crippen molar-refractivity contribution in [1.29, 1.82) is 0 Å². The molecule has 0 aliphatic carbocycles. The Morgan fingerprint density at radius 1 is 1.14 bits per heavy atom. The van der Waals surface area contributed by atoms with Gasteiger partial charge in [-0.3, -0.25) is 4.79 Å². The maximum absolute atomic E-state index is 13.5. The zero-order chi connectivity index (χ0) is 25.2. The lowest BCUT2D eigenvalue weighted by molar-refractivity contribution is -0.144. The minimum atomic E-state index is -0.662. The Kier molecular flexibility index (Phi) is 6.69. The van der Waals surface area contributed by atoms with Gasteiger partial charge in [0.05, 0.1) is 16.6 Å². The molecule has 0 saturated carbocycles. The van der Waals surface area contributed by atoms with E-state index >= 15 is 0 Å². The summed E-state index contributed by atoms with van der Waals surface area (Å²) in [6.45, 7) is 6.35. The van der Waals surface area contributed by atoms with Crippen molar-refractivity contribution in [2.45, 2.75) is 39.3 Å². The van der Waals surface area contributed by atoms with Crippen molar-refractivity contribution in [3.05, 3.63) is 99.1 Å². The number of nitrogens with one attached hydrogen (secondary N) is 1. The van der Waals surface area contributed by atoms with Gasteiger partial charge in [0, 0.05) is 24.7 Å². The molecule has 0 fully saturated rings. The van der Waals surface area contributed by atoms with Crippen LogP contribution in [-0.2, 0) is 16.0 Å². The van der Waals surface area contributed by atoms with Gasteiger partial charge in [0.2, 0.25) is 5.95 Å². The maximum Gasteiger partial charge on any atom is 0.303 e. The van der Waals surface area contributed by atoms with Crippen molar-refractivity contribution in [1.82, 2.24) is 9.97 Å². The summed E-state index contributed by atoms with van der Waals surface area (Å²) in [6.07, 6.45) is 0.239. The van der Waals surface area contributed by atoms with Crippen LogP contribution in [0, 0.1) is 12.7 Å². The summed E-state index contributed by atoms with van der Waals surface area (Å²) in [4.78, 5) is 25.0. The Morgan fingerprint density at radius 3 is 2.64 bits per heavy atom. The second-order valence-corrected chi connectivity index (χ2v) is 9.82. The third-order valence-corrected chi connectivity index (χ3v) is 7.37. The number of hydrogen-bond donors (Lipinski definition) is 1. The number of hydrogen-bond acceptors (Lipinski definition) is 7. The van der Waals surface area contributed by atoms with Crippen LogP contribution in [0.4, 0.5) is 21.8 Å². The number of halogens is 1. The minimum Gasteiger partial charge on any atom is -0.450 e. The van der Waals surface area contributed by atoms with E-state index in [1.165, 1.54) is 41.5 Å². The van der Waals surface area contributed by atoms with Crippen LogP contribution in [0.5, 0.6) is 0 Å². The highest BCUT2D eigenvalue weighted by molar-refractivity contribution is 7.10. The number of rotatable bonds is 6. The molecule has 1 aliphatic rings. The Bertz CT molecular complexity index is 1380. The molecule has 2 atom stereocenters. The van der Waals surface area contributed by atoms with Gasteiger partial charge in [0.1, 0.15) is 11.6 Å². The van der Waals surface area contributed by atoms with E-state index < -0.39 is 6.10 Å². The fraction of sp³-hybridized carbons (Fsp3) is 0.250. The van der Waals surface area contributed by atoms with Gasteiger partial charge in [-0.05, 0) is 67.1 Å². The van der Waals surface area contributed by atoms with Gasteiger partial charge < -0.3 is 15.0 Å². The highest BCUT2D eigenvalue weighted by atomic mass is 32.1. The predicted octanol–water partition coefficient (Wildman–Crippen LogP) is 6.51. The van der Waals surface area contributed by atoms with Crippen molar-refractivity contribution in [2.75, 3.05) is 16.8 Å². The molecule has 2 unspecified atom stereocenters. The van der Waals surface area contributed by atoms with E-state index in [1.807, 2.05) is 24.4 Å². The summed E-state index contributed by atoms with van der Waals surface area (Å²) >= 11 is 1.51. The summed E-state index contributed by atoms with van der Waals surface area (Å²) in [5.41, 5.74) is 4.74. The van der Waals surface area contributed by atoms with Crippen LogP contribution in [0.1, 0.15) is 53.3 Å². The van der Waals surface area contributed by atoms with E-state index in [0.717, 1.165) is 29.2 Å². The summed E-state index contributed by atoms with van der Waals surface area (Å²) in [5.74, 6) is 0.429. The average Bonchev–Trinajstić information content (AvgIpc) is 3.40. The topological polar surface area (TPSA) is 67.3 Å². The van der Waals surface area contributed by atoms with E-state index in [-0.39, 0.29) is 17.8 Å². The summed E-state index contributed by atoms with van der Waals surface area (Å²) in [6, 6.07) is 18.5. The first-order valence-corrected chi connectivity index (χ1v) is 12.7. The number of benzene rings is 2. The Balaban J connectivity index is 1.63. The number of ether oxygens (including phenoxy) is 1. The van der Waals surface area contributed by atoms with Crippen LogP contribution in [0.25, 0.3) is 0 Å². The summed E-state index contributed by atoms with van der Waals surface area (Å²) < 4.78 is 19.3. The van der Waals surface area contributed by atoms with Crippen molar-refractivity contribution in [3.8, 4) is 0 Å². The highest BCUT2D eigenvalue weighted by Gasteiger charge is 2.30. The molecule has 1 N–H and O–H groups in total. The molecule has 36 heavy (non-hydrogen) atoms. The van der Waals surface area contributed by atoms with Gasteiger partial charge in [0.15, 0.2) is 6.10 Å². The van der Waals surface area contributed by atoms with Crippen LogP contribution in [0.3, 0.4) is 0 Å². The fourth-order valence-electron chi connectivity index (χ4n) is 4.69. The number of carbonyl (C=O) groups is 1. The van der Waals surface area contributed by atoms with Gasteiger partial charge in [-0.2, -0.15) is 4.98 Å². The second kappa shape index (κ2) is 10.1. The lowest BCUT2D eigenvalue weighted by Crippen LogP contribution is -2.35. The molecular weight excluding hydrogens is 475 g/mol. The van der Waals surface area contributed by atoms with Crippen molar-refractivity contribution < 1.29 is 13.9 Å². The smallest absolute Gasteiger partial charge is 0.303 e.